The van der Waals surface area contributed by atoms with Crippen molar-refractivity contribution in [3.05, 3.63) is 40.3 Å². The Morgan fingerprint density at radius 3 is 2.54 bits per heavy atom. The van der Waals surface area contributed by atoms with Crippen molar-refractivity contribution in [1.29, 1.82) is 0 Å². The molecule has 8 heteroatoms. The van der Waals surface area contributed by atoms with Gasteiger partial charge >= 0.3 is 5.97 Å². The molecule has 0 spiro atoms. The van der Waals surface area contributed by atoms with Gasteiger partial charge in [-0.1, -0.05) is 37.6 Å². The first-order chi connectivity index (χ1) is 18.7. The minimum absolute atomic E-state index is 0.101. The van der Waals surface area contributed by atoms with Gasteiger partial charge in [-0.05, 0) is 100 Å². The van der Waals surface area contributed by atoms with Gasteiger partial charge in [0.2, 0.25) is 6.61 Å². The van der Waals surface area contributed by atoms with Crippen LogP contribution in [0.2, 0.25) is 0 Å². The number of aromatic nitrogens is 2. The van der Waals surface area contributed by atoms with Gasteiger partial charge in [0.05, 0.1) is 11.0 Å². The van der Waals surface area contributed by atoms with Crippen molar-refractivity contribution in [3.63, 3.8) is 0 Å². The van der Waals surface area contributed by atoms with E-state index in [1.54, 1.807) is 6.92 Å². The van der Waals surface area contributed by atoms with E-state index in [9.17, 15) is 9.59 Å². The van der Waals surface area contributed by atoms with Crippen LogP contribution in [0.15, 0.2) is 34.2 Å². The number of nitrogens with zero attached hydrogens (tertiary/aromatic N) is 4. The number of carbonyl (C=O) groups is 1. The van der Waals surface area contributed by atoms with Crippen LogP contribution in [0.4, 0.5) is 0 Å². The second kappa shape index (κ2) is 10.3. The van der Waals surface area contributed by atoms with Gasteiger partial charge in [-0.2, -0.15) is 0 Å². The molecule has 8 nitrogen and oxygen atoms in total. The van der Waals surface area contributed by atoms with Crippen LogP contribution in [0, 0.1) is 23.2 Å². The molecule has 5 aliphatic rings. The zero-order valence-electron chi connectivity index (χ0n) is 23.5. The topological polar surface area (TPSA) is 97.0 Å². The molecule has 2 aromatic rings. The van der Waals surface area contributed by atoms with Crippen molar-refractivity contribution in [2.45, 2.75) is 96.7 Å². The summed E-state index contributed by atoms with van der Waals surface area (Å²) in [6.07, 6.45) is 11.2. The molecule has 1 aromatic heterocycles. The molecule has 0 amide bonds. The van der Waals surface area contributed by atoms with Gasteiger partial charge in [-0.25, -0.2) is 9.78 Å². The van der Waals surface area contributed by atoms with Crippen molar-refractivity contribution < 1.29 is 14.7 Å². The fraction of sp³-hybridized carbons (Fsp3) is 0.677. The summed E-state index contributed by atoms with van der Waals surface area (Å²) in [5.41, 5.74) is 2.48. The Morgan fingerprint density at radius 2 is 1.85 bits per heavy atom. The third-order valence-corrected chi connectivity index (χ3v) is 10.8. The monoisotopic (exact) mass is 534 g/mol. The van der Waals surface area contributed by atoms with Gasteiger partial charge in [-0.15, -0.1) is 0 Å². The largest absolute Gasteiger partial charge is 0.479 e. The quantitative estimate of drug-likeness (QED) is 0.367. The maximum Gasteiger partial charge on any atom is 0.344 e. The summed E-state index contributed by atoms with van der Waals surface area (Å²) in [7, 11) is 0. The molecule has 5 fully saturated rings. The second-order valence-electron chi connectivity index (χ2n) is 13.1. The lowest BCUT2D eigenvalue weighted by Gasteiger charge is -2.60. The number of para-hydroxylation sites is 2. The molecule has 4 bridgehead atoms. The van der Waals surface area contributed by atoms with E-state index in [0.29, 0.717) is 23.2 Å². The first-order valence-electron chi connectivity index (χ1n) is 14.9. The van der Waals surface area contributed by atoms with E-state index < -0.39 is 12.6 Å². The molecule has 1 N–H and O–H groups in total. The highest BCUT2D eigenvalue weighted by Gasteiger charge is 2.54. The molecule has 0 radical (unpaired) electrons. The number of carboxylic acids is 1. The van der Waals surface area contributed by atoms with Crippen LogP contribution in [0.5, 0.6) is 0 Å². The summed E-state index contributed by atoms with van der Waals surface area (Å²) in [5.74, 6) is 1.60. The van der Waals surface area contributed by atoms with E-state index in [0.717, 1.165) is 41.6 Å². The Morgan fingerprint density at radius 1 is 1.10 bits per heavy atom. The first kappa shape index (κ1) is 26.5. The first-order valence-corrected chi connectivity index (χ1v) is 14.9. The number of rotatable bonds is 8. The highest BCUT2D eigenvalue weighted by Crippen LogP contribution is 2.62. The van der Waals surface area contributed by atoms with E-state index in [-0.39, 0.29) is 17.3 Å². The smallest absolute Gasteiger partial charge is 0.344 e. The third-order valence-electron chi connectivity index (χ3n) is 10.8. The molecule has 3 heterocycles. The van der Waals surface area contributed by atoms with Gasteiger partial charge < -0.3 is 14.5 Å². The molecule has 2 saturated heterocycles. The van der Waals surface area contributed by atoms with Crippen LogP contribution in [0.25, 0.3) is 11.0 Å². The summed E-state index contributed by atoms with van der Waals surface area (Å²) in [6.45, 7) is 7.27. The predicted molar refractivity (Wildman–Crippen MR) is 151 cm³/mol. The molecule has 7 rings (SSSR count). The van der Waals surface area contributed by atoms with Gasteiger partial charge in [0.15, 0.2) is 5.69 Å². The zero-order chi connectivity index (χ0) is 27.3. The number of hydrogen-bond donors (Lipinski definition) is 1. The van der Waals surface area contributed by atoms with Crippen molar-refractivity contribution in [2.75, 3.05) is 13.2 Å². The lowest BCUT2D eigenvalue weighted by Crippen LogP contribution is -2.55. The minimum Gasteiger partial charge on any atom is -0.479 e. The maximum absolute atomic E-state index is 13.9. The van der Waals surface area contributed by atoms with E-state index >= 15 is 0 Å². The van der Waals surface area contributed by atoms with Crippen LogP contribution >= 0.6 is 0 Å². The van der Waals surface area contributed by atoms with E-state index in [1.807, 2.05) is 28.8 Å². The van der Waals surface area contributed by atoms with Gasteiger partial charge in [0, 0.05) is 18.1 Å². The highest BCUT2D eigenvalue weighted by molar-refractivity contribution is 5.97. The normalized spacial score (nSPS) is 32.0. The average molecular weight is 535 g/mol. The number of hydrogen-bond acceptors (Lipinski definition) is 6. The van der Waals surface area contributed by atoms with Crippen LogP contribution in [0.1, 0.15) is 90.3 Å². The molecular weight excluding hydrogens is 492 g/mol. The molecule has 1 aromatic carbocycles. The lowest BCUT2D eigenvalue weighted by atomic mass is 9.45. The average Bonchev–Trinajstić information content (AvgIpc) is 2.91. The molecule has 5 atom stereocenters. The Balaban J connectivity index is 1.24. The van der Waals surface area contributed by atoms with Crippen molar-refractivity contribution >= 4 is 22.7 Å². The molecule has 210 valence electrons. The summed E-state index contributed by atoms with van der Waals surface area (Å²) in [5, 5.41) is 12.8. The number of benzene rings is 1. The van der Waals surface area contributed by atoms with Crippen LogP contribution in [0.3, 0.4) is 0 Å². The van der Waals surface area contributed by atoms with Crippen LogP contribution < -0.4 is 5.56 Å². The molecule has 5 unspecified atom stereocenters. The summed E-state index contributed by atoms with van der Waals surface area (Å²) < 4.78 is 1.95. The molecule has 39 heavy (non-hydrogen) atoms. The fourth-order valence-corrected chi connectivity index (χ4v) is 8.63. The molecule has 2 aliphatic heterocycles. The van der Waals surface area contributed by atoms with E-state index in [1.165, 1.54) is 51.5 Å². The molecule has 3 aliphatic carbocycles. The SMILES string of the molecule is CC(=NOCC(=O)O)c1nc2ccccc2n(C2CC3CCCC(C2)N3CCC2CCC3CC2C3(C)C)c1=O. The standard InChI is InChI=1S/C31H42N4O4/c1-19(33-39-18-28(36)37)29-30(38)35(27-10-5-4-9-26(27)32-29)24-16-22-7-6-8-23(17-24)34(22)14-13-20-11-12-21-15-25(20)31(21,2)3/h4-5,9-10,20-25H,6-8,11-18H2,1-3H3,(H,36,37). The highest BCUT2D eigenvalue weighted by atomic mass is 16.6. The van der Waals surface area contributed by atoms with E-state index in [2.05, 4.69) is 28.9 Å². The molecule has 3 saturated carbocycles. The van der Waals surface area contributed by atoms with Gasteiger partial charge in [0.1, 0.15) is 5.71 Å². The second-order valence-corrected chi connectivity index (χ2v) is 13.1. The third kappa shape index (κ3) is 4.79. The number of aliphatic carboxylic acids is 1. The maximum atomic E-state index is 13.9. The zero-order valence-corrected chi connectivity index (χ0v) is 23.5. The Bertz CT molecular complexity index is 1320. The van der Waals surface area contributed by atoms with Crippen molar-refractivity contribution in [1.82, 2.24) is 14.5 Å². The van der Waals surface area contributed by atoms with E-state index in [4.69, 9.17) is 9.94 Å². The Hall–Kier alpha value is -2.74. The predicted octanol–water partition coefficient (Wildman–Crippen LogP) is 5.24. The number of piperidine rings is 2. The summed E-state index contributed by atoms with van der Waals surface area (Å²) >= 11 is 0. The van der Waals surface area contributed by atoms with Crippen molar-refractivity contribution in [3.8, 4) is 0 Å². The summed E-state index contributed by atoms with van der Waals surface area (Å²) in [4.78, 5) is 37.1. The lowest BCUT2D eigenvalue weighted by molar-refractivity contribution is -0.142. The minimum atomic E-state index is -1.11. The van der Waals surface area contributed by atoms with Gasteiger partial charge in [-0.3, -0.25) is 9.69 Å². The van der Waals surface area contributed by atoms with Crippen LogP contribution in [-0.4, -0.2) is 56.5 Å². The number of oxime groups is 1. The Labute approximate surface area is 230 Å². The Kier molecular flexibility index (Phi) is 7.02. The number of fused-ring (bicyclic) bond motifs is 5. The molecular formula is C31H42N4O4. The summed E-state index contributed by atoms with van der Waals surface area (Å²) in [6, 6.07) is 8.91. The van der Waals surface area contributed by atoms with Crippen LogP contribution in [-0.2, 0) is 9.63 Å². The van der Waals surface area contributed by atoms with Gasteiger partial charge in [0.25, 0.3) is 5.56 Å². The fourth-order valence-electron chi connectivity index (χ4n) is 8.63. The van der Waals surface area contributed by atoms with Crippen molar-refractivity contribution in [2.24, 2.45) is 28.3 Å². The number of carboxylic acid groups (broad SMARTS) is 1.